The molecule has 1 saturated heterocycles. The summed E-state index contributed by atoms with van der Waals surface area (Å²) < 4.78 is 16.0. The molecule has 0 N–H and O–H groups in total. The molecule has 124 valence electrons. The number of aromatic nitrogens is 3. The minimum atomic E-state index is -1.62. The van der Waals surface area contributed by atoms with Gasteiger partial charge in [-0.1, -0.05) is 0 Å². The molecule has 2 amide bonds. The third-order valence-electron chi connectivity index (χ3n) is 4.97. The number of amides is 2. The van der Waals surface area contributed by atoms with Crippen molar-refractivity contribution in [1.29, 1.82) is 0 Å². The van der Waals surface area contributed by atoms with Gasteiger partial charge in [0.2, 0.25) is 5.91 Å². The summed E-state index contributed by atoms with van der Waals surface area (Å²) in [5, 5.41) is 8.41. The van der Waals surface area contributed by atoms with Crippen molar-refractivity contribution < 1.29 is 14.0 Å². The smallest absolute Gasteiger partial charge is 0.260 e. The topological polar surface area (TPSA) is 71.3 Å². The van der Waals surface area contributed by atoms with Crippen LogP contribution in [0.1, 0.15) is 37.3 Å². The van der Waals surface area contributed by atoms with Crippen molar-refractivity contribution >= 4 is 11.8 Å². The highest BCUT2D eigenvalue weighted by molar-refractivity contribution is 5.88. The van der Waals surface area contributed by atoms with Gasteiger partial charge >= 0.3 is 0 Å². The van der Waals surface area contributed by atoms with Crippen LogP contribution in [-0.4, -0.2) is 61.7 Å². The number of carbonyl (C=O) groups is 2. The Morgan fingerprint density at radius 3 is 2.65 bits per heavy atom. The van der Waals surface area contributed by atoms with Gasteiger partial charge in [-0.25, -0.2) is 4.39 Å². The largest absolute Gasteiger partial charge is 0.338 e. The zero-order chi connectivity index (χ0) is 16.0. The van der Waals surface area contributed by atoms with E-state index in [0.717, 1.165) is 24.6 Å². The molecule has 1 aromatic rings. The minimum absolute atomic E-state index is 0.154. The van der Waals surface area contributed by atoms with Crippen LogP contribution in [0.25, 0.3) is 0 Å². The van der Waals surface area contributed by atoms with Crippen molar-refractivity contribution in [3.8, 4) is 0 Å². The second kappa shape index (κ2) is 5.28. The number of fused-ring (bicyclic) bond motifs is 1. The lowest BCUT2D eigenvalue weighted by atomic mass is 10.3. The second-order valence-electron chi connectivity index (χ2n) is 6.61. The van der Waals surface area contributed by atoms with Gasteiger partial charge in [-0.15, -0.1) is 10.2 Å². The van der Waals surface area contributed by atoms with E-state index in [0.29, 0.717) is 51.9 Å². The van der Waals surface area contributed by atoms with Gasteiger partial charge < -0.3 is 14.4 Å². The molecule has 2 fully saturated rings. The standard InChI is InChI=1S/C15H20FN5O2/c16-15(4-5-15)14(23)19-7-3-11-17-18-12(21(11)9-8-19)10-20-6-1-2-13(20)22/h1-10H2. The molecular formula is C15H20FN5O2. The normalized spacial score (nSPS) is 22.9. The average molecular weight is 321 g/mol. The van der Waals surface area contributed by atoms with E-state index in [1.807, 2.05) is 4.57 Å². The predicted molar refractivity (Wildman–Crippen MR) is 78.0 cm³/mol. The Labute approximate surface area is 133 Å². The van der Waals surface area contributed by atoms with Crippen molar-refractivity contribution in [1.82, 2.24) is 24.6 Å². The van der Waals surface area contributed by atoms with Crippen molar-refractivity contribution in [2.75, 3.05) is 19.6 Å². The Bertz CT molecular complexity index is 654. The highest BCUT2D eigenvalue weighted by Gasteiger charge is 2.52. The number of hydrogen-bond acceptors (Lipinski definition) is 4. The Morgan fingerprint density at radius 2 is 1.96 bits per heavy atom. The summed E-state index contributed by atoms with van der Waals surface area (Å²) >= 11 is 0. The number of alkyl halides is 1. The third kappa shape index (κ3) is 2.60. The van der Waals surface area contributed by atoms with Crippen LogP contribution in [0.5, 0.6) is 0 Å². The lowest BCUT2D eigenvalue weighted by Gasteiger charge is -2.22. The number of hydrogen-bond donors (Lipinski definition) is 0. The molecule has 1 aromatic heterocycles. The SMILES string of the molecule is O=C1CCCN1Cc1nnc2n1CCN(C(=O)C1(F)CC1)CC2. The Morgan fingerprint density at radius 1 is 1.13 bits per heavy atom. The summed E-state index contributed by atoms with van der Waals surface area (Å²) in [5.74, 6) is 1.34. The second-order valence-corrected chi connectivity index (χ2v) is 6.61. The van der Waals surface area contributed by atoms with Gasteiger partial charge in [0, 0.05) is 39.0 Å². The van der Waals surface area contributed by atoms with Crippen LogP contribution in [0.3, 0.4) is 0 Å². The van der Waals surface area contributed by atoms with E-state index in [2.05, 4.69) is 10.2 Å². The molecule has 0 radical (unpaired) electrons. The molecule has 23 heavy (non-hydrogen) atoms. The summed E-state index contributed by atoms with van der Waals surface area (Å²) in [6.07, 6.45) is 2.75. The summed E-state index contributed by atoms with van der Waals surface area (Å²) in [7, 11) is 0. The highest BCUT2D eigenvalue weighted by atomic mass is 19.1. The zero-order valence-electron chi connectivity index (χ0n) is 13.0. The molecule has 2 aliphatic heterocycles. The number of carbonyl (C=O) groups excluding carboxylic acids is 2. The molecule has 4 rings (SSSR count). The predicted octanol–water partition coefficient (Wildman–Crippen LogP) is 0.287. The Hall–Kier alpha value is -1.99. The first-order chi connectivity index (χ1) is 11.1. The summed E-state index contributed by atoms with van der Waals surface area (Å²) in [6.45, 7) is 2.73. The molecule has 8 heteroatoms. The van der Waals surface area contributed by atoms with Gasteiger partial charge in [0.15, 0.2) is 11.5 Å². The maximum atomic E-state index is 14.0. The van der Waals surface area contributed by atoms with E-state index < -0.39 is 5.67 Å². The fourth-order valence-electron chi connectivity index (χ4n) is 3.35. The van der Waals surface area contributed by atoms with Crippen molar-refractivity contribution in [2.24, 2.45) is 0 Å². The molecule has 1 aliphatic carbocycles. The van der Waals surface area contributed by atoms with Crippen LogP contribution < -0.4 is 0 Å². The first kappa shape index (κ1) is 14.6. The van der Waals surface area contributed by atoms with Crippen LogP contribution in [0.2, 0.25) is 0 Å². The van der Waals surface area contributed by atoms with Crippen molar-refractivity contribution in [2.45, 2.75) is 50.9 Å². The highest BCUT2D eigenvalue weighted by Crippen LogP contribution is 2.41. The molecule has 0 atom stereocenters. The van der Waals surface area contributed by atoms with Gasteiger partial charge in [0.05, 0.1) is 6.54 Å². The average Bonchev–Trinajstić information content (AvgIpc) is 3.09. The molecule has 0 aromatic carbocycles. The van der Waals surface area contributed by atoms with Gasteiger partial charge in [-0.3, -0.25) is 9.59 Å². The maximum absolute atomic E-state index is 14.0. The fourth-order valence-corrected chi connectivity index (χ4v) is 3.35. The van der Waals surface area contributed by atoms with E-state index in [9.17, 15) is 14.0 Å². The summed E-state index contributed by atoms with van der Waals surface area (Å²) in [4.78, 5) is 27.3. The lowest BCUT2D eigenvalue weighted by Crippen LogP contribution is -2.40. The Balaban J connectivity index is 1.47. The van der Waals surface area contributed by atoms with E-state index >= 15 is 0 Å². The van der Waals surface area contributed by atoms with E-state index in [-0.39, 0.29) is 11.8 Å². The summed E-state index contributed by atoms with van der Waals surface area (Å²) in [5.41, 5.74) is -1.62. The lowest BCUT2D eigenvalue weighted by molar-refractivity contribution is -0.138. The number of likely N-dealkylation sites (tertiary alicyclic amines) is 1. The first-order valence-corrected chi connectivity index (χ1v) is 8.24. The maximum Gasteiger partial charge on any atom is 0.260 e. The third-order valence-corrected chi connectivity index (χ3v) is 4.97. The Kier molecular flexibility index (Phi) is 3.35. The van der Waals surface area contributed by atoms with Gasteiger partial charge in [-0.05, 0) is 19.3 Å². The zero-order valence-corrected chi connectivity index (χ0v) is 13.0. The monoisotopic (exact) mass is 321 g/mol. The van der Waals surface area contributed by atoms with Crippen LogP contribution in [0, 0.1) is 0 Å². The quantitative estimate of drug-likeness (QED) is 0.802. The molecule has 3 aliphatic rings. The molecule has 1 saturated carbocycles. The number of halogens is 1. The first-order valence-electron chi connectivity index (χ1n) is 8.24. The number of nitrogens with zero attached hydrogens (tertiary/aromatic N) is 5. The molecular weight excluding hydrogens is 301 g/mol. The van der Waals surface area contributed by atoms with Crippen molar-refractivity contribution in [3.05, 3.63) is 11.6 Å². The van der Waals surface area contributed by atoms with Gasteiger partial charge in [-0.2, -0.15) is 0 Å². The molecule has 0 spiro atoms. The molecule has 0 bridgehead atoms. The van der Waals surface area contributed by atoms with Crippen molar-refractivity contribution in [3.63, 3.8) is 0 Å². The van der Waals surface area contributed by atoms with E-state index in [1.165, 1.54) is 0 Å². The number of rotatable bonds is 3. The van der Waals surface area contributed by atoms with Gasteiger partial charge in [0.25, 0.3) is 5.91 Å². The van der Waals surface area contributed by atoms with Crippen LogP contribution in [0.4, 0.5) is 4.39 Å². The molecule has 0 unspecified atom stereocenters. The van der Waals surface area contributed by atoms with E-state index in [1.54, 1.807) is 9.80 Å². The molecule has 3 heterocycles. The summed E-state index contributed by atoms with van der Waals surface area (Å²) in [6, 6.07) is 0. The molecule has 7 nitrogen and oxygen atoms in total. The van der Waals surface area contributed by atoms with Gasteiger partial charge in [0.1, 0.15) is 5.82 Å². The minimum Gasteiger partial charge on any atom is -0.338 e. The van der Waals surface area contributed by atoms with Crippen LogP contribution in [0.15, 0.2) is 0 Å². The van der Waals surface area contributed by atoms with E-state index in [4.69, 9.17) is 0 Å². The van der Waals surface area contributed by atoms with Crippen LogP contribution in [-0.2, 0) is 29.1 Å². The van der Waals surface area contributed by atoms with Crippen LogP contribution >= 0.6 is 0 Å². The fraction of sp³-hybridized carbons (Fsp3) is 0.733.